The number of carbonyl (C=O) groups is 1. The highest BCUT2D eigenvalue weighted by Gasteiger charge is 2.26. The van der Waals surface area contributed by atoms with Gasteiger partial charge in [0.2, 0.25) is 5.91 Å². The fourth-order valence-electron chi connectivity index (χ4n) is 2.36. The zero-order valence-electron chi connectivity index (χ0n) is 9.59. The molecule has 1 aliphatic heterocycles. The maximum Gasteiger partial charge on any atom is 0.237 e. The fourth-order valence-corrected chi connectivity index (χ4v) is 2.36. The molecule has 2 rings (SSSR count). The second-order valence-electron chi connectivity index (χ2n) is 5.09. The third-order valence-electron chi connectivity index (χ3n) is 3.40. The Balaban J connectivity index is 1.76. The second-order valence-corrected chi connectivity index (χ2v) is 5.09. The van der Waals surface area contributed by atoms with Crippen molar-refractivity contribution in [3.63, 3.8) is 0 Å². The molecule has 0 radical (unpaired) electrons. The molecule has 0 aromatic carbocycles. The van der Waals surface area contributed by atoms with Gasteiger partial charge in [-0.2, -0.15) is 0 Å². The summed E-state index contributed by atoms with van der Waals surface area (Å²) < 4.78 is 0. The molecular weight excluding hydrogens is 188 g/mol. The monoisotopic (exact) mass is 210 g/mol. The quantitative estimate of drug-likeness (QED) is 0.737. The minimum atomic E-state index is 0.0567. The zero-order valence-corrected chi connectivity index (χ0v) is 9.59. The van der Waals surface area contributed by atoms with Crippen LogP contribution >= 0.6 is 0 Å². The topological polar surface area (TPSA) is 41.1 Å². The highest BCUT2D eigenvalue weighted by molar-refractivity contribution is 5.81. The van der Waals surface area contributed by atoms with Crippen LogP contribution in [-0.4, -0.2) is 24.5 Å². The fraction of sp³-hybridized carbons (Fsp3) is 0.917. The van der Waals surface area contributed by atoms with Crippen LogP contribution in [0.2, 0.25) is 0 Å². The van der Waals surface area contributed by atoms with E-state index in [0.717, 1.165) is 31.7 Å². The van der Waals surface area contributed by atoms with Crippen LogP contribution in [0.4, 0.5) is 0 Å². The van der Waals surface area contributed by atoms with Crippen molar-refractivity contribution in [2.45, 2.75) is 57.5 Å². The highest BCUT2D eigenvalue weighted by atomic mass is 16.2. The molecule has 2 aliphatic rings. The average molecular weight is 210 g/mol. The Morgan fingerprint density at radius 2 is 2.20 bits per heavy atom. The van der Waals surface area contributed by atoms with Gasteiger partial charge >= 0.3 is 0 Å². The van der Waals surface area contributed by atoms with Gasteiger partial charge in [0.25, 0.3) is 0 Å². The molecule has 1 heterocycles. The first-order valence-corrected chi connectivity index (χ1v) is 6.29. The van der Waals surface area contributed by atoms with E-state index in [0.29, 0.717) is 6.04 Å². The zero-order chi connectivity index (χ0) is 10.7. The molecule has 1 saturated heterocycles. The molecule has 3 nitrogen and oxygen atoms in total. The molecule has 15 heavy (non-hydrogen) atoms. The second kappa shape index (κ2) is 4.97. The number of carbonyl (C=O) groups excluding carboxylic acids is 1. The van der Waals surface area contributed by atoms with Crippen LogP contribution in [0.1, 0.15) is 45.4 Å². The number of nitrogens with one attached hydrogen (secondary N) is 2. The van der Waals surface area contributed by atoms with Crippen molar-refractivity contribution in [2.75, 3.05) is 6.54 Å². The molecule has 1 aliphatic carbocycles. The van der Waals surface area contributed by atoms with Gasteiger partial charge < -0.3 is 10.6 Å². The van der Waals surface area contributed by atoms with Gasteiger partial charge in [0, 0.05) is 12.6 Å². The van der Waals surface area contributed by atoms with Crippen molar-refractivity contribution >= 4 is 5.91 Å². The Kier molecular flexibility index (Phi) is 3.62. The molecule has 0 spiro atoms. The minimum Gasteiger partial charge on any atom is -0.355 e. The summed E-state index contributed by atoms with van der Waals surface area (Å²) in [5.74, 6) is 1.14. The van der Waals surface area contributed by atoms with Gasteiger partial charge in [-0.25, -0.2) is 0 Å². The average Bonchev–Trinajstić information content (AvgIpc) is 2.98. The van der Waals surface area contributed by atoms with Crippen molar-refractivity contribution in [1.29, 1.82) is 0 Å². The smallest absolute Gasteiger partial charge is 0.237 e. The van der Waals surface area contributed by atoms with E-state index in [9.17, 15) is 4.79 Å². The third-order valence-corrected chi connectivity index (χ3v) is 3.40. The van der Waals surface area contributed by atoms with E-state index in [2.05, 4.69) is 17.6 Å². The van der Waals surface area contributed by atoms with E-state index in [4.69, 9.17) is 0 Å². The van der Waals surface area contributed by atoms with Crippen molar-refractivity contribution < 1.29 is 4.79 Å². The van der Waals surface area contributed by atoms with Crippen LogP contribution in [0, 0.1) is 5.92 Å². The minimum absolute atomic E-state index is 0.0567. The number of hydrogen-bond acceptors (Lipinski definition) is 2. The molecule has 86 valence electrons. The summed E-state index contributed by atoms with van der Waals surface area (Å²) in [7, 11) is 0. The highest BCUT2D eigenvalue weighted by Crippen LogP contribution is 2.33. The molecule has 2 unspecified atom stereocenters. The van der Waals surface area contributed by atoms with Crippen LogP contribution < -0.4 is 10.6 Å². The molecule has 0 bridgehead atoms. The number of hydrogen-bond donors (Lipinski definition) is 2. The van der Waals surface area contributed by atoms with Crippen LogP contribution in [0.25, 0.3) is 0 Å². The lowest BCUT2D eigenvalue weighted by Gasteiger charge is -2.20. The Labute approximate surface area is 92.0 Å². The van der Waals surface area contributed by atoms with E-state index in [-0.39, 0.29) is 11.9 Å². The first-order chi connectivity index (χ1) is 7.25. The van der Waals surface area contributed by atoms with Crippen LogP contribution in [0.15, 0.2) is 0 Å². The van der Waals surface area contributed by atoms with Crippen LogP contribution in [0.5, 0.6) is 0 Å². The van der Waals surface area contributed by atoms with E-state index >= 15 is 0 Å². The van der Waals surface area contributed by atoms with Gasteiger partial charge in [0.05, 0.1) is 6.04 Å². The normalized spacial score (nSPS) is 29.4. The van der Waals surface area contributed by atoms with Crippen molar-refractivity contribution in [2.24, 2.45) is 5.92 Å². The van der Waals surface area contributed by atoms with Crippen LogP contribution in [0.3, 0.4) is 0 Å². The lowest BCUT2D eigenvalue weighted by atomic mass is 10.1. The van der Waals surface area contributed by atoms with Crippen molar-refractivity contribution in [3.8, 4) is 0 Å². The van der Waals surface area contributed by atoms with Gasteiger partial charge in [-0.15, -0.1) is 0 Å². The van der Waals surface area contributed by atoms with Crippen molar-refractivity contribution in [3.05, 3.63) is 0 Å². The predicted octanol–water partition coefficient (Wildman–Crippen LogP) is 1.43. The predicted molar refractivity (Wildman–Crippen MR) is 60.6 cm³/mol. The standard InChI is InChI=1S/C12H22N2O/c1-9(8-10-5-6-10)14-11-4-2-3-7-13-12(11)15/h9-11,14H,2-8H2,1H3,(H,13,15). The molecule has 2 fully saturated rings. The Hall–Kier alpha value is -0.570. The Morgan fingerprint density at radius 3 is 2.93 bits per heavy atom. The van der Waals surface area contributed by atoms with Gasteiger partial charge in [-0.3, -0.25) is 4.79 Å². The third kappa shape index (κ3) is 3.49. The number of amides is 1. The van der Waals surface area contributed by atoms with E-state index < -0.39 is 0 Å². The van der Waals surface area contributed by atoms with Crippen LogP contribution in [-0.2, 0) is 4.79 Å². The van der Waals surface area contributed by atoms with E-state index in [1.165, 1.54) is 19.3 Å². The Morgan fingerprint density at radius 1 is 1.40 bits per heavy atom. The number of rotatable bonds is 4. The maximum atomic E-state index is 11.7. The van der Waals surface area contributed by atoms with E-state index in [1.54, 1.807) is 0 Å². The molecule has 2 atom stereocenters. The summed E-state index contributed by atoms with van der Waals surface area (Å²) >= 11 is 0. The van der Waals surface area contributed by atoms with Gasteiger partial charge in [-0.1, -0.05) is 12.8 Å². The largest absolute Gasteiger partial charge is 0.355 e. The summed E-state index contributed by atoms with van der Waals surface area (Å²) in [6.07, 6.45) is 7.31. The lowest BCUT2D eigenvalue weighted by Crippen LogP contribution is -2.46. The summed E-state index contributed by atoms with van der Waals surface area (Å²) in [5.41, 5.74) is 0. The summed E-state index contributed by atoms with van der Waals surface area (Å²) in [4.78, 5) is 11.7. The SMILES string of the molecule is CC(CC1CC1)NC1CCCCNC1=O. The summed E-state index contributed by atoms with van der Waals surface area (Å²) in [6.45, 7) is 3.06. The molecule has 2 N–H and O–H groups in total. The molecule has 3 heteroatoms. The molecular formula is C12H22N2O. The Bertz CT molecular complexity index is 226. The molecule has 0 aromatic heterocycles. The van der Waals surface area contributed by atoms with Gasteiger partial charge in [-0.05, 0) is 38.5 Å². The first-order valence-electron chi connectivity index (χ1n) is 6.29. The molecule has 1 amide bonds. The lowest BCUT2D eigenvalue weighted by molar-refractivity contribution is -0.123. The summed E-state index contributed by atoms with van der Waals surface area (Å²) in [6, 6.07) is 0.549. The molecule has 1 saturated carbocycles. The molecule has 0 aromatic rings. The van der Waals surface area contributed by atoms with E-state index in [1.807, 2.05) is 0 Å². The van der Waals surface area contributed by atoms with Gasteiger partial charge in [0.1, 0.15) is 0 Å². The van der Waals surface area contributed by atoms with Gasteiger partial charge in [0.15, 0.2) is 0 Å². The first kappa shape index (κ1) is 10.9. The van der Waals surface area contributed by atoms with Crippen molar-refractivity contribution in [1.82, 2.24) is 10.6 Å². The summed E-state index contributed by atoms with van der Waals surface area (Å²) in [5, 5.41) is 6.44. The maximum absolute atomic E-state index is 11.7.